The summed E-state index contributed by atoms with van der Waals surface area (Å²) in [5, 5.41) is 2.97. The van der Waals surface area contributed by atoms with Gasteiger partial charge >= 0.3 is 0 Å². The van der Waals surface area contributed by atoms with Crippen LogP contribution in [0.3, 0.4) is 0 Å². The quantitative estimate of drug-likeness (QED) is 0.597. The summed E-state index contributed by atoms with van der Waals surface area (Å²) in [4.78, 5) is 31.3. The summed E-state index contributed by atoms with van der Waals surface area (Å²) in [6.07, 6.45) is 4.51. The summed E-state index contributed by atoms with van der Waals surface area (Å²) in [5.41, 5.74) is 3.98. The highest BCUT2D eigenvalue weighted by molar-refractivity contribution is 5.90. The summed E-state index contributed by atoms with van der Waals surface area (Å²) >= 11 is 0. The second-order valence-electron chi connectivity index (χ2n) is 8.09. The van der Waals surface area contributed by atoms with Gasteiger partial charge in [0.2, 0.25) is 11.8 Å². The van der Waals surface area contributed by atoms with Gasteiger partial charge in [-0.1, -0.05) is 24.3 Å². The molecule has 2 amide bonds. The van der Waals surface area contributed by atoms with Crippen LogP contribution in [0.5, 0.6) is 0 Å². The lowest BCUT2D eigenvalue weighted by Gasteiger charge is -2.15. The Bertz CT molecular complexity index is 1050. The maximum Gasteiger partial charge on any atom is 0.224 e. The zero-order valence-corrected chi connectivity index (χ0v) is 18.1. The Morgan fingerprint density at radius 1 is 0.968 bits per heavy atom. The van der Waals surface area contributed by atoms with E-state index in [0.717, 1.165) is 67.0 Å². The Labute approximate surface area is 183 Å². The molecular weight excluding hydrogens is 388 g/mol. The molecular formula is C25H30N4O2. The molecule has 0 bridgehead atoms. The fourth-order valence-electron chi connectivity index (χ4n) is 4.25. The van der Waals surface area contributed by atoms with Crippen molar-refractivity contribution in [3.63, 3.8) is 0 Å². The van der Waals surface area contributed by atoms with Crippen LogP contribution in [-0.2, 0) is 29.0 Å². The van der Waals surface area contributed by atoms with Crippen LogP contribution in [-0.4, -0.2) is 39.4 Å². The normalized spacial score (nSPS) is 13.6. The van der Waals surface area contributed by atoms with Crippen LogP contribution in [0.4, 0.5) is 5.69 Å². The summed E-state index contributed by atoms with van der Waals surface area (Å²) in [6.45, 7) is 4.73. The van der Waals surface area contributed by atoms with E-state index in [0.29, 0.717) is 19.3 Å². The molecule has 2 heterocycles. The van der Waals surface area contributed by atoms with Crippen LogP contribution in [0.1, 0.15) is 44.0 Å². The van der Waals surface area contributed by atoms with Crippen molar-refractivity contribution in [2.24, 2.45) is 0 Å². The zero-order chi connectivity index (χ0) is 21.6. The van der Waals surface area contributed by atoms with E-state index < -0.39 is 0 Å². The molecule has 0 unspecified atom stereocenters. The summed E-state index contributed by atoms with van der Waals surface area (Å²) in [5.74, 6) is 1.16. The Hall–Kier alpha value is -3.15. The minimum atomic E-state index is -0.0216. The molecule has 162 valence electrons. The topological polar surface area (TPSA) is 67.2 Å². The third kappa shape index (κ3) is 5.13. The van der Waals surface area contributed by atoms with Gasteiger partial charge in [-0.05, 0) is 56.0 Å². The summed E-state index contributed by atoms with van der Waals surface area (Å²) in [6, 6.07) is 15.9. The molecule has 31 heavy (non-hydrogen) atoms. The molecule has 1 N–H and O–H groups in total. The molecule has 0 atom stereocenters. The highest BCUT2D eigenvalue weighted by Crippen LogP contribution is 2.18. The van der Waals surface area contributed by atoms with Gasteiger partial charge in [0.25, 0.3) is 0 Å². The number of benzene rings is 2. The first-order chi connectivity index (χ1) is 15.1. The number of fused-ring (bicyclic) bond motifs is 1. The van der Waals surface area contributed by atoms with E-state index in [1.165, 1.54) is 0 Å². The number of carbonyl (C=O) groups excluding carboxylic acids is 2. The fraction of sp³-hybridized carbons (Fsp3) is 0.400. The number of hydrogen-bond acceptors (Lipinski definition) is 3. The molecule has 0 saturated carbocycles. The van der Waals surface area contributed by atoms with Gasteiger partial charge in [0.1, 0.15) is 5.82 Å². The van der Waals surface area contributed by atoms with E-state index in [9.17, 15) is 9.59 Å². The molecule has 4 rings (SSSR count). The third-order valence-corrected chi connectivity index (χ3v) is 5.95. The SMILES string of the molecule is CCn1c(CCC(=O)Nc2ccc(CCC(=O)N3CCCC3)cc2)nc2ccccc21. The molecule has 1 aliphatic heterocycles. The molecule has 6 nitrogen and oxygen atoms in total. The number of aryl methyl sites for hydroxylation is 3. The average molecular weight is 419 g/mol. The lowest BCUT2D eigenvalue weighted by Crippen LogP contribution is -2.27. The van der Waals surface area contributed by atoms with Crippen molar-refractivity contribution in [3.05, 3.63) is 59.9 Å². The van der Waals surface area contributed by atoms with Gasteiger partial charge in [0, 0.05) is 44.6 Å². The van der Waals surface area contributed by atoms with Crippen LogP contribution in [0.25, 0.3) is 11.0 Å². The number of carbonyl (C=O) groups is 2. The Morgan fingerprint density at radius 3 is 2.45 bits per heavy atom. The van der Waals surface area contributed by atoms with E-state index in [1.54, 1.807) is 0 Å². The number of amides is 2. The number of anilines is 1. The molecule has 1 saturated heterocycles. The van der Waals surface area contributed by atoms with Crippen LogP contribution < -0.4 is 5.32 Å². The van der Waals surface area contributed by atoms with Crippen molar-refractivity contribution in [2.75, 3.05) is 18.4 Å². The van der Waals surface area contributed by atoms with E-state index in [4.69, 9.17) is 0 Å². The van der Waals surface area contributed by atoms with Crippen LogP contribution >= 0.6 is 0 Å². The van der Waals surface area contributed by atoms with Crippen LogP contribution in [0.2, 0.25) is 0 Å². The molecule has 0 radical (unpaired) electrons. The second kappa shape index (κ2) is 9.77. The van der Waals surface area contributed by atoms with E-state index in [1.807, 2.05) is 47.4 Å². The molecule has 3 aromatic rings. The first-order valence-corrected chi connectivity index (χ1v) is 11.2. The van der Waals surface area contributed by atoms with Crippen molar-refractivity contribution in [1.29, 1.82) is 0 Å². The predicted molar refractivity (Wildman–Crippen MR) is 123 cm³/mol. The smallest absolute Gasteiger partial charge is 0.224 e. The van der Waals surface area contributed by atoms with Crippen molar-refractivity contribution >= 4 is 28.5 Å². The van der Waals surface area contributed by atoms with Crippen molar-refractivity contribution in [1.82, 2.24) is 14.5 Å². The standard InChI is InChI=1S/C25H30N4O2/c1-2-29-22-8-4-3-7-21(22)27-23(29)14-15-24(30)26-20-12-9-19(10-13-20)11-16-25(31)28-17-5-6-18-28/h3-4,7-10,12-13H,2,5-6,11,14-18H2,1H3,(H,26,30). The number of hydrogen-bond donors (Lipinski definition) is 1. The first-order valence-electron chi connectivity index (χ1n) is 11.2. The zero-order valence-electron chi connectivity index (χ0n) is 18.1. The molecule has 2 aromatic carbocycles. The van der Waals surface area contributed by atoms with Gasteiger partial charge in [-0.25, -0.2) is 4.98 Å². The Kier molecular flexibility index (Phi) is 6.65. The number of rotatable bonds is 8. The molecule has 6 heteroatoms. The highest BCUT2D eigenvalue weighted by Gasteiger charge is 2.17. The molecule has 1 aliphatic rings. The van der Waals surface area contributed by atoms with E-state index in [-0.39, 0.29) is 11.8 Å². The number of aromatic nitrogens is 2. The number of nitrogens with zero attached hydrogens (tertiary/aromatic N) is 3. The minimum Gasteiger partial charge on any atom is -0.343 e. The minimum absolute atomic E-state index is 0.0216. The predicted octanol–water partition coefficient (Wildman–Crippen LogP) is 4.18. The van der Waals surface area contributed by atoms with Gasteiger partial charge < -0.3 is 14.8 Å². The molecule has 1 aromatic heterocycles. The van der Waals surface area contributed by atoms with Gasteiger partial charge in [-0.3, -0.25) is 9.59 Å². The average Bonchev–Trinajstić information content (AvgIpc) is 3.45. The van der Waals surface area contributed by atoms with Crippen molar-refractivity contribution in [3.8, 4) is 0 Å². The van der Waals surface area contributed by atoms with Gasteiger partial charge in [-0.15, -0.1) is 0 Å². The van der Waals surface area contributed by atoms with Gasteiger partial charge in [0.05, 0.1) is 11.0 Å². The third-order valence-electron chi connectivity index (χ3n) is 5.95. The molecule has 0 spiro atoms. The van der Waals surface area contributed by atoms with Crippen LogP contribution in [0.15, 0.2) is 48.5 Å². The maximum absolute atomic E-state index is 12.4. The number of para-hydroxylation sites is 2. The van der Waals surface area contributed by atoms with Crippen molar-refractivity contribution < 1.29 is 9.59 Å². The fourth-order valence-corrected chi connectivity index (χ4v) is 4.25. The Balaban J connectivity index is 1.27. The largest absolute Gasteiger partial charge is 0.343 e. The van der Waals surface area contributed by atoms with E-state index >= 15 is 0 Å². The molecule has 1 fully saturated rings. The number of likely N-dealkylation sites (tertiary alicyclic amines) is 1. The molecule has 0 aliphatic carbocycles. The second-order valence-corrected chi connectivity index (χ2v) is 8.09. The highest BCUT2D eigenvalue weighted by atomic mass is 16.2. The van der Waals surface area contributed by atoms with E-state index in [2.05, 4.69) is 27.9 Å². The van der Waals surface area contributed by atoms with Gasteiger partial charge in [0.15, 0.2) is 0 Å². The first kappa shape index (κ1) is 21.1. The maximum atomic E-state index is 12.4. The Morgan fingerprint density at radius 2 is 1.71 bits per heavy atom. The summed E-state index contributed by atoms with van der Waals surface area (Å²) < 4.78 is 2.17. The van der Waals surface area contributed by atoms with Gasteiger partial charge in [-0.2, -0.15) is 0 Å². The van der Waals surface area contributed by atoms with Crippen LogP contribution in [0, 0.1) is 0 Å². The lowest BCUT2D eigenvalue weighted by atomic mass is 10.1. The lowest BCUT2D eigenvalue weighted by molar-refractivity contribution is -0.130. The van der Waals surface area contributed by atoms with Crippen molar-refractivity contribution in [2.45, 2.75) is 52.0 Å². The monoisotopic (exact) mass is 418 g/mol. The number of imidazole rings is 1. The summed E-state index contributed by atoms with van der Waals surface area (Å²) in [7, 11) is 0. The number of nitrogens with one attached hydrogen (secondary N) is 1.